The number of anilines is 1. The van der Waals surface area contributed by atoms with E-state index in [9.17, 15) is 19.5 Å². The van der Waals surface area contributed by atoms with Crippen LogP contribution >= 0.6 is 0 Å². The fourth-order valence-corrected chi connectivity index (χ4v) is 3.98. The van der Waals surface area contributed by atoms with Crippen LogP contribution in [0.2, 0.25) is 0 Å². The number of carboxylic acids is 2. The van der Waals surface area contributed by atoms with E-state index in [4.69, 9.17) is 10.8 Å². The summed E-state index contributed by atoms with van der Waals surface area (Å²) in [4.78, 5) is 37.9. The highest BCUT2D eigenvalue weighted by atomic mass is 16.4. The zero-order valence-corrected chi connectivity index (χ0v) is 16.0. The summed E-state index contributed by atoms with van der Waals surface area (Å²) >= 11 is 0. The molecular weight excluding hydrogens is 372 g/mol. The van der Waals surface area contributed by atoms with Gasteiger partial charge in [0.2, 0.25) is 5.91 Å². The summed E-state index contributed by atoms with van der Waals surface area (Å²) in [6, 6.07) is 12.8. The molecule has 7 heteroatoms. The Morgan fingerprint density at radius 1 is 0.862 bits per heavy atom. The summed E-state index contributed by atoms with van der Waals surface area (Å²) in [7, 11) is 0. The molecular formula is C22H24N2O5. The number of amides is 1. The molecule has 152 valence electrons. The first kappa shape index (κ1) is 20.4. The van der Waals surface area contributed by atoms with Crippen molar-refractivity contribution in [1.82, 2.24) is 0 Å². The molecule has 3 rings (SSSR count). The minimum Gasteiger partial charge on any atom is -0.481 e. The Labute approximate surface area is 168 Å². The average Bonchev–Trinajstić information content (AvgIpc) is 2.72. The van der Waals surface area contributed by atoms with Crippen molar-refractivity contribution in [1.29, 1.82) is 0 Å². The fraction of sp³-hybridized carbons (Fsp3) is 0.318. The van der Waals surface area contributed by atoms with Gasteiger partial charge in [0.05, 0.1) is 17.4 Å². The van der Waals surface area contributed by atoms with Crippen molar-refractivity contribution in [3.05, 3.63) is 65.2 Å². The van der Waals surface area contributed by atoms with Gasteiger partial charge in [-0.05, 0) is 48.6 Å². The number of piperidine rings is 1. The molecule has 2 unspecified atom stereocenters. The van der Waals surface area contributed by atoms with Crippen LogP contribution in [0.5, 0.6) is 0 Å². The van der Waals surface area contributed by atoms with Gasteiger partial charge in [-0.2, -0.15) is 0 Å². The number of primary amides is 1. The van der Waals surface area contributed by atoms with Crippen LogP contribution in [-0.4, -0.2) is 41.1 Å². The second-order valence-corrected chi connectivity index (χ2v) is 7.23. The summed E-state index contributed by atoms with van der Waals surface area (Å²) in [5.74, 6) is -5.32. The van der Waals surface area contributed by atoms with E-state index in [0.717, 1.165) is 38.0 Å². The minimum atomic E-state index is -1.18. The largest absolute Gasteiger partial charge is 0.481 e. The van der Waals surface area contributed by atoms with Gasteiger partial charge in [0, 0.05) is 18.8 Å². The maximum atomic E-state index is 12.4. The van der Waals surface area contributed by atoms with Crippen LogP contribution in [0.4, 0.5) is 5.69 Å². The lowest BCUT2D eigenvalue weighted by Crippen LogP contribution is -2.34. The van der Waals surface area contributed by atoms with Crippen molar-refractivity contribution in [3.8, 4) is 0 Å². The van der Waals surface area contributed by atoms with Crippen LogP contribution in [0.25, 0.3) is 0 Å². The number of rotatable bonds is 7. The molecule has 29 heavy (non-hydrogen) atoms. The van der Waals surface area contributed by atoms with E-state index in [0.29, 0.717) is 11.1 Å². The summed E-state index contributed by atoms with van der Waals surface area (Å²) in [5.41, 5.74) is 7.40. The van der Waals surface area contributed by atoms with Crippen LogP contribution in [-0.2, 0) is 9.59 Å². The van der Waals surface area contributed by atoms with Gasteiger partial charge in [-0.15, -0.1) is 0 Å². The highest BCUT2D eigenvalue weighted by Crippen LogP contribution is 2.39. The number of aromatic carboxylic acids is 1. The van der Waals surface area contributed by atoms with Crippen LogP contribution in [0, 0.1) is 0 Å². The number of carbonyl (C=O) groups excluding carboxylic acids is 1. The molecule has 2 aromatic rings. The van der Waals surface area contributed by atoms with Gasteiger partial charge in [-0.25, -0.2) is 4.79 Å². The molecule has 1 aliphatic heterocycles. The zero-order valence-electron chi connectivity index (χ0n) is 16.0. The Bertz CT molecular complexity index is 904. The Kier molecular flexibility index (Phi) is 6.16. The van der Waals surface area contributed by atoms with E-state index in [1.807, 2.05) is 12.1 Å². The van der Waals surface area contributed by atoms with Gasteiger partial charge >= 0.3 is 11.9 Å². The third-order valence-corrected chi connectivity index (χ3v) is 5.39. The van der Waals surface area contributed by atoms with E-state index >= 15 is 0 Å². The van der Waals surface area contributed by atoms with Crippen molar-refractivity contribution in [2.24, 2.45) is 5.73 Å². The van der Waals surface area contributed by atoms with Crippen molar-refractivity contribution >= 4 is 23.5 Å². The normalized spacial score (nSPS) is 16.1. The van der Waals surface area contributed by atoms with E-state index in [-0.39, 0.29) is 5.56 Å². The van der Waals surface area contributed by atoms with Crippen LogP contribution in [0.1, 0.15) is 52.6 Å². The first-order valence-electron chi connectivity index (χ1n) is 9.59. The van der Waals surface area contributed by atoms with Crippen LogP contribution in [0.15, 0.2) is 48.5 Å². The van der Waals surface area contributed by atoms with Gasteiger partial charge in [0.1, 0.15) is 0 Å². The maximum absolute atomic E-state index is 12.4. The van der Waals surface area contributed by atoms with Gasteiger partial charge in [-0.3, -0.25) is 9.59 Å². The summed E-state index contributed by atoms with van der Waals surface area (Å²) in [6.07, 6.45) is 3.20. The number of nitrogens with two attached hydrogens (primary N) is 1. The third-order valence-electron chi connectivity index (χ3n) is 5.39. The Morgan fingerprint density at radius 3 is 2.03 bits per heavy atom. The molecule has 1 saturated heterocycles. The monoisotopic (exact) mass is 396 g/mol. The SMILES string of the molecule is NC(=O)C(c1ccc(C(=O)O)cc1)C(C(=O)O)c1ccccc1N1CCCCC1. The molecule has 1 heterocycles. The van der Waals surface area contributed by atoms with Crippen molar-refractivity contribution in [3.63, 3.8) is 0 Å². The predicted molar refractivity (Wildman–Crippen MR) is 108 cm³/mol. The predicted octanol–water partition coefficient (Wildman–Crippen LogP) is 2.81. The number of benzene rings is 2. The van der Waals surface area contributed by atoms with Gasteiger partial charge in [0.25, 0.3) is 0 Å². The van der Waals surface area contributed by atoms with E-state index < -0.39 is 29.7 Å². The molecule has 0 radical (unpaired) electrons. The molecule has 0 aliphatic carbocycles. The molecule has 1 fully saturated rings. The van der Waals surface area contributed by atoms with Crippen molar-refractivity contribution in [2.45, 2.75) is 31.1 Å². The Hall–Kier alpha value is -3.35. The number of hydrogen-bond donors (Lipinski definition) is 3. The summed E-state index contributed by atoms with van der Waals surface area (Å²) < 4.78 is 0. The molecule has 0 saturated carbocycles. The van der Waals surface area contributed by atoms with Gasteiger partial charge < -0.3 is 20.8 Å². The quantitative estimate of drug-likeness (QED) is 0.662. The number of carbonyl (C=O) groups is 3. The molecule has 1 aliphatic rings. The average molecular weight is 396 g/mol. The number of carboxylic acid groups (broad SMARTS) is 2. The van der Waals surface area contributed by atoms with Gasteiger partial charge in [-0.1, -0.05) is 30.3 Å². The molecule has 7 nitrogen and oxygen atoms in total. The lowest BCUT2D eigenvalue weighted by Gasteiger charge is -2.33. The highest BCUT2D eigenvalue weighted by molar-refractivity contribution is 5.93. The molecule has 2 aromatic carbocycles. The van der Waals surface area contributed by atoms with E-state index in [2.05, 4.69) is 4.90 Å². The number of hydrogen-bond acceptors (Lipinski definition) is 4. The fourth-order valence-electron chi connectivity index (χ4n) is 3.98. The molecule has 0 bridgehead atoms. The first-order valence-corrected chi connectivity index (χ1v) is 9.59. The molecule has 2 atom stereocenters. The molecule has 0 spiro atoms. The molecule has 1 amide bonds. The van der Waals surface area contributed by atoms with E-state index in [1.54, 1.807) is 12.1 Å². The molecule has 4 N–H and O–H groups in total. The summed E-state index contributed by atoms with van der Waals surface area (Å²) in [5, 5.41) is 19.1. The number of para-hydroxylation sites is 1. The number of nitrogens with zero attached hydrogens (tertiary/aromatic N) is 1. The first-order chi connectivity index (χ1) is 13.9. The highest BCUT2D eigenvalue weighted by Gasteiger charge is 2.37. The Morgan fingerprint density at radius 2 is 1.48 bits per heavy atom. The second-order valence-electron chi connectivity index (χ2n) is 7.23. The Balaban J connectivity index is 2.07. The maximum Gasteiger partial charge on any atom is 0.335 e. The third kappa shape index (κ3) is 4.39. The number of aliphatic carboxylic acids is 1. The van der Waals surface area contributed by atoms with E-state index in [1.165, 1.54) is 24.3 Å². The standard InChI is InChI=1S/C22H24N2O5/c23-20(25)18(14-8-10-15(11-9-14)21(26)27)19(22(28)29)16-6-2-3-7-17(16)24-12-4-1-5-13-24/h2-3,6-11,18-19H,1,4-5,12-13H2,(H2,23,25)(H,26,27)(H,28,29). The van der Waals surface area contributed by atoms with Crippen molar-refractivity contribution in [2.75, 3.05) is 18.0 Å². The summed E-state index contributed by atoms with van der Waals surface area (Å²) in [6.45, 7) is 1.66. The lowest BCUT2D eigenvalue weighted by molar-refractivity contribution is -0.141. The molecule has 0 aromatic heterocycles. The van der Waals surface area contributed by atoms with Gasteiger partial charge in [0.15, 0.2) is 0 Å². The minimum absolute atomic E-state index is 0.0533. The van der Waals surface area contributed by atoms with Crippen LogP contribution in [0.3, 0.4) is 0 Å². The second kappa shape index (κ2) is 8.77. The zero-order chi connectivity index (χ0) is 21.0. The topological polar surface area (TPSA) is 121 Å². The van der Waals surface area contributed by atoms with Crippen LogP contribution < -0.4 is 10.6 Å². The van der Waals surface area contributed by atoms with Crippen molar-refractivity contribution < 1.29 is 24.6 Å². The smallest absolute Gasteiger partial charge is 0.335 e. The lowest BCUT2D eigenvalue weighted by atomic mass is 9.79.